The van der Waals surface area contributed by atoms with Gasteiger partial charge in [-0.2, -0.15) is 0 Å². The number of ether oxygens (including phenoxy) is 1. The SMILES string of the molecule is Cc1cccc(NC(=O)[C@H]2CCCN2C(=O)OCc2ccccc2)c1C. The topological polar surface area (TPSA) is 58.6 Å². The average molecular weight is 352 g/mol. The van der Waals surface area contributed by atoms with Crippen molar-refractivity contribution in [2.75, 3.05) is 11.9 Å². The van der Waals surface area contributed by atoms with E-state index < -0.39 is 12.1 Å². The highest BCUT2D eigenvalue weighted by Crippen LogP contribution is 2.23. The number of aryl methyl sites for hydroxylation is 1. The normalized spacial score (nSPS) is 16.4. The summed E-state index contributed by atoms with van der Waals surface area (Å²) in [5.41, 5.74) is 3.88. The molecule has 0 spiro atoms. The maximum absolute atomic E-state index is 12.7. The first-order valence-corrected chi connectivity index (χ1v) is 8.90. The molecule has 0 unspecified atom stereocenters. The molecule has 136 valence electrons. The zero-order valence-corrected chi connectivity index (χ0v) is 15.2. The Morgan fingerprint density at radius 1 is 1.12 bits per heavy atom. The summed E-state index contributed by atoms with van der Waals surface area (Å²) in [5.74, 6) is -0.159. The van der Waals surface area contributed by atoms with Crippen molar-refractivity contribution in [3.05, 3.63) is 65.2 Å². The lowest BCUT2D eigenvalue weighted by molar-refractivity contribution is -0.120. The zero-order valence-electron chi connectivity index (χ0n) is 15.2. The van der Waals surface area contributed by atoms with Crippen LogP contribution in [0.1, 0.15) is 29.5 Å². The van der Waals surface area contributed by atoms with Crippen LogP contribution < -0.4 is 5.32 Å². The molecule has 2 amide bonds. The summed E-state index contributed by atoms with van der Waals surface area (Å²) in [5, 5.41) is 2.96. The standard InChI is InChI=1S/C21H24N2O3/c1-15-8-6-11-18(16(15)2)22-20(24)19-12-7-13-23(19)21(25)26-14-17-9-4-3-5-10-17/h3-6,8-11,19H,7,12-14H2,1-2H3,(H,22,24)/t19-/m1/s1. The van der Waals surface area contributed by atoms with E-state index >= 15 is 0 Å². The van der Waals surface area contributed by atoms with Gasteiger partial charge in [0.1, 0.15) is 12.6 Å². The van der Waals surface area contributed by atoms with Crippen molar-refractivity contribution in [3.8, 4) is 0 Å². The molecule has 1 aliphatic rings. The molecular formula is C21H24N2O3. The summed E-state index contributed by atoms with van der Waals surface area (Å²) in [6.45, 7) is 4.74. The largest absolute Gasteiger partial charge is 0.445 e. The highest BCUT2D eigenvalue weighted by atomic mass is 16.6. The number of benzene rings is 2. The van der Waals surface area contributed by atoms with Gasteiger partial charge in [0.05, 0.1) is 0 Å². The van der Waals surface area contributed by atoms with Crippen LogP contribution in [0.15, 0.2) is 48.5 Å². The van der Waals surface area contributed by atoms with Crippen LogP contribution in [0.5, 0.6) is 0 Å². The molecule has 0 aromatic heterocycles. The second-order valence-electron chi connectivity index (χ2n) is 6.63. The summed E-state index contributed by atoms with van der Waals surface area (Å²) in [4.78, 5) is 26.7. The number of anilines is 1. The molecular weight excluding hydrogens is 328 g/mol. The van der Waals surface area contributed by atoms with Crippen LogP contribution in [0.4, 0.5) is 10.5 Å². The maximum Gasteiger partial charge on any atom is 0.410 e. The summed E-state index contributed by atoms with van der Waals surface area (Å²) >= 11 is 0. The molecule has 3 rings (SSSR count). The Bertz CT molecular complexity index is 789. The number of hydrogen-bond donors (Lipinski definition) is 1. The quantitative estimate of drug-likeness (QED) is 0.903. The van der Waals surface area contributed by atoms with Gasteiger partial charge >= 0.3 is 6.09 Å². The average Bonchev–Trinajstić information content (AvgIpc) is 3.14. The molecule has 0 radical (unpaired) electrons. The Labute approximate surface area is 154 Å². The molecule has 1 heterocycles. The van der Waals surface area contributed by atoms with Crippen LogP contribution in [-0.2, 0) is 16.1 Å². The Morgan fingerprint density at radius 3 is 2.65 bits per heavy atom. The Kier molecular flexibility index (Phi) is 5.56. The fraction of sp³-hybridized carbons (Fsp3) is 0.333. The summed E-state index contributed by atoms with van der Waals surface area (Å²) in [6.07, 6.45) is 1.01. The summed E-state index contributed by atoms with van der Waals surface area (Å²) < 4.78 is 5.39. The van der Waals surface area contributed by atoms with Crippen molar-refractivity contribution >= 4 is 17.7 Å². The van der Waals surface area contributed by atoms with E-state index in [4.69, 9.17) is 4.74 Å². The lowest BCUT2D eigenvalue weighted by Gasteiger charge is -2.24. The molecule has 1 atom stereocenters. The van der Waals surface area contributed by atoms with Crippen LogP contribution >= 0.6 is 0 Å². The predicted octanol–water partition coefficient (Wildman–Crippen LogP) is 4.04. The number of carbonyl (C=O) groups excluding carboxylic acids is 2. The van der Waals surface area contributed by atoms with Crippen molar-refractivity contribution in [1.29, 1.82) is 0 Å². The molecule has 1 N–H and O–H groups in total. The third kappa shape index (κ3) is 4.04. The molecule has 0 saturated carbocycles. The van der Waals surface area contributed by atoms with Gasteiger partial charge in [0, 0.05) is 12.2 Å². The fourth-order valence-corrected chi connectivity index (χ4v) is 3.16. The van der Waals surface area contributed by atoms with Crippen LogP contribution in [0.3, 0.4) is 0 Å². The number of rotatable bonds is 4. The van der Waals surface area contributed by atoms with E-state index in [2.05, 4.69) is 5.32 Å². The molecule has 26 heavy (non-hydrogen) atoms. The maximum atomic E-state index is 12.7. The van der Waals surface area contributed by atoms with Gasteiger partial charge in [0.15, 0.2) is 0 Å². The first kappa shape index (κ1) is 18.0. The van der Waals surface area contributed by atoms with Crippen LogP contribution in [0.25, 0.3) is 0 Å². The lowest BCUT2D eigenvalue weighted by atomic mass is 10.1. The highest BCUT2D eigenvalue weighted by molar-refractivity contribution is 5.97. The van der Waals surface area contributed by atoms with Crippen molar-refractivity contribution in [2.24, 2.45) is 0 Å². The minimum atomic E-state index is -0.488. The van der Waals surface area contributed by atoms with Crippen LogP contribution in [-0.4, -0.2) is 29.5 Å². The van der Waals surface area contributed by atoms with Gasteiger partial charge in [-0.3, -0.25) is 9.69 Å². The fourth-order valence-electron chi connectivity index (χ4n) is 3.16. The van der Waals surface area contributed by atoms with Gasteiger partial charge in [-0.15, -0.1) is 0 Å². The number of likely N-dealkylation sites (tertiary alicyclic amines) is 1. The van der Waals surface area contributed by atoms with E-state index in [1.165, 1.54) is 4.90 Å². The van der Waals surface area contributed by atoms with Gasteiger partial charge in [0.25, 0.3) is 0 Å². The number of hydrogen-bond acceptors (Lipinski definition) is 3. The number of nitrogens with zero attached hydrogens (tertiary/aromatic N) is 1. The van der Waals surface area contributed by atoms with Crippen molar-refractivity contribution in [3.63, 3.8) is 0 Å². The lowest BCUT2D eigenvalue weighted by Crippen LogP contribution is -2.43. The van der Waals surface area contributed by atoms with Crippen molar-refractivity contribution in [1.82, 2.24) is 4.90 Å². The molecule has 0 aliphatic carbocycles. The van der Waals surface area contributed by atoms with E-state index in [0.717, 1.165) is 28.8 Å². The minimum Gasteiger partial charge on any atom is -0.445 e. The molecule has 1 saturated heterocycles. The smallest absolute Gasteiger partial charge is 0.410 e. The first-order chi connectivity index (χ1) is 12.6. The summed E-state index contributed by atoms with van der Waals surface area (Å²) in [7, 11) is 0. The van der Waals surface area contributed by atoms with E-state index in [1.54, 1.807) is 0 Å². The highest BCUT2D eigenvalue weighted by Gasteiger charge is 2.35. The van der Waals surface area contributed by atoms with E-state index in [1.807, 2.05) is 62.4 Å². The van der Waals surface area contributed by atoms with Gasteiger partial charge in [0.2, 0.25) is 5.91 Å². The van der Waals surface area contributed by atoms with Gasteiger partial charge in [-0.1, -0.05) is 42.5 Å². The number of carbonyl (C=O) groups is 2. The third-order valence-electron chi connectivity index (χ3n) is 4.86. The van der Waals surface area contributed by atoms with Crippen molar-refractivity contribution in [2.45, 2.75) is 39.3 Å². The molecule has 5 nitrogen and oxygen atoms in total. The molecule has 5 heteroatoms. The van der Waals surface area contributed by atoms with E-state index in [0.29, 0.717) is 13.0 Å². The predicted molar refractivity (Wildman–Crippen MR) is 101 cm³/mol. The Morgan fingerprint density at radius 2 is 1.88 bits per heavy atom. The third-order valence-corrected chi connectivity index (χ3v) is 4.86. The second kappa shape index (κ2) is 8.04. The molecule has 2 aromatic carbocycles. The zero-order chi connectivity index (χ0) is 18.5. The first-order valence-electron chi connectivity index (χ1n) is 8.90. The van der Waals surface area contributed by atoms with E-state index in [-0.39, 0.29) is 12.5 Å². The number of nitrogens with one attached hydrogen (secondary N) is 1. The van der Waals surface area contributed by atoms with Crippen molar-refractivity contribution < 1.29 is 14.3 Å². The monoisotopic (exact) mass is 352 g/mol. The van der Waals surface area contributed by atoms with Gasteiger partial charge < -0.3 is 10.1 Å². The van der Waals surface area contributed by atoms with Crippen LogP contribution in [0.2, 0.25) is 0 Å². The Hall–Kier alpha value is -2.82. The van der Waals surface area contributed by atoms with E-state index in [9.17, 15) is 9.59 Å². The molecule has 0 bridgehead atoms. The van der Waals surface area contributed by atoms with Crippen LogP contribution in [0, 0.1) is 13.8 Å². The van der Waals surface area contributed by atoms with Gasteiger partial charge in [-0.05, 0) is 49.4 Å². The second-order valence-corrected chi connectivity index (χ2v) is 6.63. The molecule has 1 aliphatic heterocycles. The Balaban J connectivity index is 1.62. The molecule has 1 fully saturated rings. The number of amides is 2. The minimum absolute atomic E-state index is 0.159. The molecule has 2 aromatic rings. The van der Waals surface area contributed by atoms with Gasteiger partial charge in [-0.25, -0.2) is 4.79 Å². The summed E-state index contributed by atoms with van der Waals surface area (Å²) in [6, 6.07) is 14.8.